The highest BCUT2D eigenvalue weighted by Crippen LogP contribution is 2.19. The second-order valence-electron chi connectivity index (χ2n) is 5.59. The molecular weight excluding hydrogens is 364 g/mol. The van der Waals surface area contributed by atoms with Gasteiger partial charge in [-0.2, -0.15) is 0 Å². The Balaban J connectivity index is 1.52. The van der Waals surface area contributed by atoms with E-state index in [4.69, 9.17) is 8.83 Å². The Labute approximate surface area is 141 Å². The summed E-state index contributed by atoms with van der Waals surface area (Å²) in [6, 6.07) is 5.14. The fourth-order valence-corrected chi connectivity index (χ4v) is 2.98. The minimum Gasteiger partial charge on any atom is -0.457 e. The molecule has 122 valence electrons. The SMILES string of the molecule is Cc1ccc(C(=O)NC2CCN(C(=O)c3coc(Br)c3)CC2)o1. The summed E-state index contributed by atoms with van der Waals surface area (Å²) < 4.78 is 11.0. The topological polar surface area (TPSA) is 75.7 Å². The normalized spacial score (nSPS) is 15.7. The van der Waals surface area contributed by atoms with Crippen LogP contribution in [0.3, 0.4) is 0 Å². The molecular formula is C16H17BrN2O4. The summed E-state index contributed by atoms with van der Waals surface area (Å²) in [6.45, 7) is 3.00. The molecule has 1 aliphatic heterocycles. The van der Waals surface area contributed by atoms with Gasteiger partial charge in [-0.25, -0.2) is 0 Å². The number of piperidine rings is 1. The van der Waals surface area contributed by atoms with Crippen molar-refractivity contribution in [1.82, 2.24) is 10.2 Å². The Morgan fingerprint density at radius 3 is 2.61 bits per heavy atom. The molecule has 0 atom stereocenters. The number of furan rings is 2. The molecule has 0 bridgehead atoms. The first kappa shape index (κ1) is 15.9. The van der Waals surface area contributed by atoms with Crippen molar-refractivity contribution in [3.05, 3.63) is 46.2 Å². The van der Waals surface area contributed by atoms with E-state index in [1.165, 1.54) is 6.26 Å². The first-order valence-corrected chi connectivity index (χ1v) is 8.23. The van der Waals surface area contributed by atoms with E-state index in [9.17, 15) is 9.59 Å². The summed E-state index contributed by atoms with van der Waals surface area (Å²) in [5.41, 5.74) is 0.533. The Hall–Kier alpha value is -2.02. The number of amides is 2. The molecule has 2 aromatic rings. The lowest BCUT2D eigenvalue weighted by atomic mass is 10.0. The summed E-state index contributed by atoms with van der Waals surface area (Å²) in [7, 11) is 0. The van der Waals surface area contributed by atoms with Crippen LogP contribution in [-0.2, 0) is 0 Å². The number of halogens is 1. The van der Waals surface area contributed by atoms with Gasteiger partial charge in [-0.05, 0) is 47.8 Å². The average molecular weight is 381 g/mol. The summed E-state index contributed by atoms with van der Waals surface area (Å²) in [6.07, 6.45) is 2.88. The molecule has 0 aliphatic carbocycles. The van der Waals surface area contributed by atoms with Crippen molar-refractivity contribution >= 4 is 27.7 Å². The van der Waals surface area contributed by atoms with Crippen LogP contribution in [0.1, 0.15) is 39.5 Å². The van der Waals surface area contributed by atoms with E-state index in [1.54, 1.807) is 30.0 Å². The molecule has 1 saturated heterocycles. The van der Waals surface area contributed by atoms with Crippen molar-refractivity contribution < 1.29 is 18.4 Å². The number of likely N-dealkylation sites (tertiary alicyclic amines) is 1. The second-order valence-corrected chi connectivity index (χ2v) is 6.37. The zero-order valence-electron chi connectivity index (χ0n) is 12.7. The van der Waals surface area contributed by atoms with Crippen molar-refractivity contribution in [1.29, 1.82) is 0 Å². The van der Waals surface area contributed by atoms with E-state index in [0.717, 1.165) is 12.8 Å². The van der Waals surface area contributed by atoms with Gasteiger partial charge in [0.15, 0.2) is 10.4 Å². The van der Waals surface area contributed by atoms with Crippen molar-refractivity contribution in [3.8, 4) is 0 Å². The molecule has 0 spiro atoms. The minimum absolute atomic E-state index is 0.0491. The lowest BCUT2D eigenvalue weighted by molar-refractivity contribution is 0.0695. The molecule has 6 nitrogen and oxygen atoms in total. The maximum absolute atomic E-state index is 12.3. The monoisotopic (exact) mass is 380 g/mol. The Kier molecular flexibility index (Phi) is 4.56. The van der Waals surface area contributed by atoms with E-state index in [1.807, 2.05) is 0 Å². The van der Waals surface area contributed by atoms with Gasteiger partial charge < -0.3 is 19.1 Å². The molecule has 0 radical (unpaired) electrons. The number of hydrogen-bond donors (Lipinski definition) is 1. The molecule has 1 N–H and O–H groups in total. The Bertz CT molecular complexity index is 713. The highest BCUT2D eigenvalue weighted by molar-refractivity contribution is 9.10. The van der Waals surface area contributed by atoms with Crippen LogP contribution in [0.5, 0.6) is 0 Å². The number of nitrogens with zero attached hydrogens (tertiary/aromatic N) is 1. The standard InChI is InChI=1S/C16H17BrN2O4/c1-10-2-3-13(23-10)15(20)18-12-4-6-19(7-5-12)16(21)11-8-14(17)22-9-11/h2-3,8-9,12H,4-7H2,1H3,(H,18,20). The number of carbonyl (C=O) groups excluding carboxylic acids is 2. The summed E-state index contributed by atoms with van der Waals surface area (Å²) in [5.74, 6) is 0.776. The van der Waals surface area contributed by atoms with Crippen LogP contribution in [0, 0.1) is 6.92 Å². The Morgan fingerprint density at radius 2 is 2.04 bits per heavy atom. The largest absolute Gasteiger partial charge is 0.457 e. The lowest BCUT2D eigenvalue weighted by Gasteiger charge is -2.32. The minimum atomic E-state index is -0.207. The van der Waals surface area contributed by atoms with E-state index in [0.29, 0.717) is 34.8 Å². The first-order valence-electron chi connectivity index (χ1n) is 7.43. The molecule has 7 heteroatoms. The van der Waals surface area contributed by atoms with Gasteiger partial charge in [-0.1, -0.05) is 0 Å². The van der Waals surface area contributed by atoms with Crippen LogP contribution in [0.4, 0.5) is 0 Å². The molecule has 23 heavy (non-hydrogen) atoms. The highest BCUT2D eigenvalue weighted by Gasteiger charge is 2.26. The van der Waals surface area contributed by atoms with Crippen molar-refractivity contribution in [2.24, 2.45) is 0 Å². The molecule has 0 aromatic carbocycles. The van der Waals surface area contributed by atoms with E-state index in [2.05, 4.69) is 21.2 Å². The molecule has 3 heterocycles. The number of nitrogens with one attached hydrogen (secondary N) is 1. The third-order valence-electron chi connectivity index (χ3n) is 3.90. The molecule has 0 saturated carbocycles. The van der Waals surface area contributed by atoms with Crippen LogP contribution < -0.4 is 5.32 Å². The quantitative estimate of drug-likeness (QED) is 0.887. The van der Waals surface area contributed by atoms with Gasteiger partial charge in [0.1, 0.15) is 12.0 Å². The maximum Gasteiger partial charge on any atom is 0.287 e. The van der Waals surface area contributed by atoms with E-state index >= 15 is 0 Å². The first-order chi connectivity index (χ1) is 11.0. The third-order valence-corrected chi connectivity index (χ3v) is 4.31. The predicted octanol–water partition coefficient (Wildman–Crippen LogP) is 2.98. The predicted molar refractivity (Wildman–Crippen MR) is 86.2 cm³/mol. The highest BCUT2D eigenvalue weighted by atomic mass is 79.9. The lowest BCUT2D eigenvalue weighted by Crippen LogP contribution is -2.46. The van der Waals surface area contributed by atoms with Crippen LogP contribution >= 0.6 is 15.9 Å². The van der Waals surface area contributed by atoms with Gasteiger partial charge in [-0.3, -0.25) is 9.59 Å². The van der Waals surface area contributed by atoms with Gasteiger partial charge in [-0.15, -0.1) is 0 Å². The van der Waals surface area contributed by atoms with Gasteiger partial charge in [0.25, 0.3) is 11.8 Å². The maximum atomic E-state index is 12.3. The number of rotatable bonds is 3. The molecule has 0 unspecified atom stereocenters. The number of aryl methyl sites for hydroxylation is 1. The van der Waals surface area contributed by atoms with Gasteiger partial charge >= 0.3 is 0 Å². The van der Waals surface area contributed by atoms with Crippen molar-refractivity contribution in [2.45, 2.75) is 25.8 Å². The number of hydrogen-bond acceptors (Lipinski definition) is 4. The summed E-state index contributed by atoms with van der Waals surface area (Å²) in [5, 5.41) is 2.96. The molecule has 3 rings (SSSR count). The zero-order chi connectivity index (χ0) is 16.4. The molecule has 2 aromatic heterocycles. The van der Waals surface area contributed by atoms with Gasteiger partial charge in [0.05, 0.1) is 5.56 Å². The summed E-state index contributed by atoms with van der Waals surface area (Å²) >= 11 is 3.19. The van der Waals surface area contributed by atoms with Crippen LogP contribution in [0.2, 0.25) is 0 Å². The van der Waals surface area contributed by atoms with Crippen LogP contribution in [0.25, 0.3) is 0 Å². The second kappa shape index (κ2) is 6.62. The van der Waals surface area contributed by atoms with Crippen molar-refractivity contribution in [3.63, 3.8) is 0 Å². The fourth-order valence-electron chi connectivity index (χ4n) is 2.64. The number of carbonyl (C=O) groups is 2. The van der Waals surface area contributed by atoms with Crippen molar-refractivity contribution in [2.75, 3.05) is 13.1 Å². The van der Waals surface area contributed by atoms with E-state index in [-0.39, 0.29) is 17.9 Å². The molecule has 1 aliphatic rings. The van der Waals surface area contributed by atoms with Crippen LogP contribution in [-0.4, -0.2) is 35.8 Å². The molecule has 1 fully saturated rings. The van der Waals surface area contributed by atoms with Gasteiger partial charge in [0, 0.05) is 25.2 Å². The smallest absolute Gasteiger partial charge is 0.287 e. The van der Waals surface area contributed by atoms with Crippen LogP contribution in [0.15, 0.2) is 38.0 Å². The average Bonchev–Trinajstić information content (AvgIpc) is 3.16. The third kappa shape index (κ3) is 3.67. The van der Waals surface area contributed by atoms with E-state index < -0.39 is 0 Å². The fraction of sp³-hybridized carbons (Fsp3) is 0.375. The van der Waals surface area contributed by atoms with Gasteiger partial charge in [0.2, 0.25) is 0 Å². The summed E-state index contributed by atoms with van der Waals surface area (Å²) in [4.78, 5) is 26.1. The Morgan fingerprint density at radius 1 is 1.30 bits per heavy atom. The zero-order valence-corrected chi connectivity index (χ0v) is 14.3. The molecule has 2 amide bonds.